The van der Waals surface area contributed by atoms with Crippen LogP contribution in [0.25, 0.3) is 0 Å². The molecule has 1 saturated carbocycles. The third-order valence-corrected chi connectivity index (χ3v) is 7.80. The quantitative estimate of drug-likeness (QED) is 0.810. The van der Waals surface area contributed by atoms with Gasteiger partial charge in [-0.15, -0.1) is 0 Å². The van der Waals surface area contributed by atoms with Crippen molar-refractivity contribution in [2.75, 3.05) is 10.8 Å². The lowest BCUT2D eigenvalue weighted by molar-refractivity contribution is 0.0879. The molecule has 0 aromatic heterocycles. The van der Waals surface area contributed by atoms with E-state index in [9.17, 15) is 18.0 Å². The van der Waals surface area contributed by atoms with Gasteiger partial charge in [0.05, 0.1) is 21.7 Å². The Bertz CT molecular complexity index is 1100. The number of carbonyl (C=O) groups excluding carboxylic acids is 2. The molecular formula is C20H18N2O4S. The third-order valence-electron chi connectivity index (χ3n) is 6.05. The molecule has 0 radical (unpaired) electrons. The van der Waals surface area contributed by atoms with Crippen molar-refractivity contribution in [3.8, 4) is 0 Å². The zero-order chi connectivity index (χ0) is 18.8. The van der Waals surface area contributed by atoms with Crippen LogP contribution in [-0.2, 0) is 15.4 Å². The van der Waals surface area contributed by atoms with Crippen LogP contribution in [0, 0.1) is 0 Å². The zero-order valence-electron chi connectivity index (χ0n) is 14.6. The lowest BCUT2D eigenvalue weighted by Gasteiger charge is -2.25. The standard InChI is InChI=1S/C20H18N2O4S/c23-18-14-8-7-13(11-15(14)19(24)21-18)27(25,26)22-12-20(9-3-4-10-20)16-5-1-2-6-17(16)22/h1-2,5-8,11H,3-4,9-10,12H2,(H,21,23,24). The summed E-state index contributed by atoms with van der Waals surface area (Å²) in [4.78, 5) is 23.7. The lowest BCUT2D eigenvalue weighted by atomic mass is 9.81. The van der Waals surface area contributed by atoms with Gasteiger partial charge in [-0.1, -0.05) is 31.0 Å². The number of nitrogens with one attached hydrogen (secondary N) is 1. The van der Waals surface area contributed by atoms with Gasteiger partial charge in [-0.05, 0) is 42.7 Å². The molecule has 2 aromatic rings. The summed E-state index contributed by atoms with van der Waals surface area (Å²) in [6, 6.07) is 11.8. The van der Waals surface area contributed by atoms with Gasteiger partial charge in [-0.2, -0.15) is 0 Å². The molecule has 1 fully saturated rings. The molecule has 27 heavy (non-hydrogen) atoms. The molecule has 2 aromatic carbocycles. The van der Waals surface area contributed by atoms with E-state index in [1.165, 1.54) is 22.5 Å². The monoisotopic (exact) mass is 382 g/mol. The largest absolute Gasteiger partial charge is 0.288 e. The molecule has 0 saturated heterocycles. The molecule has 2 aliphatic heterocycles. The van der Waals surface area contributed by atoms with E-state index in [4.69, 9.17) is 0 Å². The normalized spacial score (nSPS) is 20.1. The number of sulfonamides is 1. The molecule has 0 bridgehead atoms. The molecule has 0 atom stereocenters. The fourth-order valence-corrected chi connectivity index (χ4v) is 6.31. The second-order valence-corrected chi connectivity index (χ2v) is 9.37. The van der Waals surface area contributed by atoms with E-state index in [-0.39, 0.29) is 21.4 Å². The SMILES string of the molecule is O=C1NC(=O)c2cc(S(=O)(=O)N3CC4(CCCC4)c4ccccc43)ccc21. The van der Waals surface area contributed by atoms with Gasteiger partial charge in [0.25, 0.3) is 21.8 Å². The number of anilines is 1. The molecule has 5 rings (SSSR count). The minimum Gasteiger partial charge on any atom is -0.288 e. The van der Waals surface area contributed by atoms with Gasteiger partial charge in [-0.25, -0.2) is 8.42 Å². The minimum atomic E-state index is -3.84. The summed E-state index contributed by atoms with van der Waals surface area (Å²) < 4.78 is 28.3. The predicted octanol–water partition coefficient (Wildman–Crippen LogP) is 2.59. The summed E-state index contributed by atoms with van der Waals surface area (Å²) in [6.07, 6.45) is 4.17. The van der Waals surface area contributed by atoms with Crippen LogP contribution in [0.2, 0.25) is 0 Å². The number of hydrogen-bond acceptors (Lipinski definition) is 4. The second kappa shape index (κ2) is 5.42. The number of fused-ring (bicyclic) bond motifs is 3. The molecule has 3 aliphatic rings. The smallest absolute Gasteiger partial charge is 0.264 e. The Morgan fingerprint density at radius 1 is 0.926 bits per heavy atom. The number of hydrogen-bond donors (Lipinski definition) is 1. The molecule has 2 heterocycles. The Morgan fingerprint density at radius 3 is 2.41 bits per heavy atom. The van der Waals surface area contributed by atoms with E-state index in [0.29, 0.717) is 6.54 Å². The average molecular weight is 382 g/mol. The Kier molecular flexibility index (Phi) is 3.31. The van der Waals surface area contributed by atoms with Crippen LogP contribution in [0.4, 0.5) is 5.69 Å². The highest BCUT2D eigenvalue weighted by Gasteiger charge is 2.48. The first-order valence-electron chi connectivity index (χ1n) is 9.04. The number of para-hydroxylation sites is 1. The molecule has 1 aliphatic carbocycles. The highest BCUT2D eigenvalue weighted by molar-refractivity contribution is 7.92. The second-order valence-electron chi connectivity index (χ2n) is 7.51. The lowest BCUT2D eigenvalue weighted by Crippen LogP contribution is -2.35. The van der Waals surface area contributed by atoms with Crippen LogP contribution in [0.15, 0.2) is 47.4 Å². The fraction of sp³-hybridized carbons (Fsp3) is 0.300. The molecule has 1 spiro atoms. The van der Waals surface area contributed by atoms with Gasteiger partial charge in [-0.3, -0.25) is 19.2 Å². The van der Waals surface area contributed by atoms with Gasteiger partial charge in [0.2, 0.25) is 0 Å². The van der Waals surface area contributed by atoms with Gasteiger partial charge in [0.15, 0.2) is 0 Å². The topological polar surface area (TPSA) is 83.5 Å². The molecule has 2 amide bonds. The first-order valence-corrected chi connectivity index (χ1v) is 10.5. The Hall–Kier alpha value is -2.67. The number of rotatable bonds is 2. The van der Waals surface area contributed by atoms with Gasteiger partial charge in [0.1, 0.15) is 0 Å². The number of benzene rings is 2. The van der Waals surface area contributed by atoms with Crippen molar-refractivity contribution in [3.63, 3.8) is 0 Å². The van der Waals surface area contributed by atoms with Crippen molar-refractivity contribution in [3.05, 3.63) is 59.2 Å². The number of amides is 2. The average Bonchev–Trinajstić information content (AvgIpc) is 3.34. The molecule has 138 valence electrons. The molecule has 0 unspecified atom stereocenters. The van der Waals surface area contributed by atoms with Crippen molar-refractivity contribution in [1.82, 2.24) is 5.32 Å². The van der Waals surface area contributed by atoms with E-state index in [0.717, 1.165) is 36.9 Å². The Balaban J connectivity index is 1.62. The summed E-state index contributed by atoms with van der Waals surface area (Å²) in [5, 5.41) is 2.20. The zero-order valence-corrected chi connectivity index (χ0v) is 15.4. The molecular weight excluding hydrogens is 364 g/mol. The van der Waals surface area contributed by atoms with Crippen molar-refractivity contribution >= 4 is 27.5 Å². The summed E-state index contributed by atoms with van der Waals surface area (Å²) >= 11 is 0. The molecule has 7 heteroatoms. The number of nitrogens with zero attached hydrogens (tertiary/aromatic N) is 1. The summed E-state index contributed by atoms with van der Waals surface area (Å²) in [5.41, 5.74) is 2.03. The van der Waals surface area contributed by atoms with E-state index in [2.05, 4.69) is 5.32 Å². The van der Waals surface area contributed by atoms with Gasteiger partial charge in [0, 0.05) is 12.0 Å². The highest BCUT2D eigenvalue weighted by Crippen LogP contribution is 2.51. The van der Waals surface area contributed by atoms with Crippen LogP contribution >= 0.6 is 0 Å². The predicted molar refractivity (Wildman–Crippen MR) is 99.4 cm³/mol. The van der Waals surface area contributed by atoms with Crippen LogP contribution in [-0.4, -0.2) is 26.8 Å². The third kappa shape index (κ3) is 2.21. The maximum Gasteiger partial charge on any atom is 0.264 e. The van der Waals surface area contributed by atoms with Crippen molar-refractivity contribution in [1.29, 1.82) is 0 Å². The summed E-state index contributed by atoms with van der Waals surface area (Å²) in [7, 11) is -3.84. The Morgan fingerprint density at radius 2 is 1.63 bits per heavy atom. The van der Waals surface area contributed by atoms with Crippen molar-refractivity contribution in [2.24, 2.45) is 0 Å². The van der Waals surface area contributed by atoms with E-state index < -0.39 is 21.8 Å². The summed E-state index contributed by atoms with van der Waals surface area (Å²) in [6.45, 7) is 0.427. The highest BCUT2D eigenvalue weighted by atomic mass is 32.2. The Labute approximate surface area is 157 Å². The molecule has 1 N–H and O–H groups in total. The minimum absolute atomic E-state index is 0.0379. The van der Waals surface area contributed by atoms with E-state index >= 15 is 0 Å². The molecule has 6 nitrogen and oxygen atoms in total. The maximum absolute atomic E-state index is 13.4. The van der Waals surface area contributed by atoms with E-state index in [1.807, 2.05) is 24.3 Å². The number of carbonyl (C=O) groups is 2. The van der Waals surface area contributed by atoms with E-state index in [1.54, 1.807) is 0 Å². The van der Waals surface area contributed by atoms with Gasteiger partial charge < -0.3 is 0 Å². The van der Waals surface area contributed by atoms with Crippen LogP contribution in [0.5, 0.6) is 0 Å². The maximum atomic E-state index is 13.4. The first-order chi connectivity index (χ1) is 12.9. The van der Waals surface area contributed by atoms with Crippen LogP contribution in [0.3, 0.4) is 0 Å². The van der Waals surface area contributed by atoms with Gasteiger partial charge >= 0.3 is 0 Å². The van der Waals surface area contributed by atoms with Crippen LogP contribution < -0.4 is 9.62 Å². The van der Waals surface area contributed by atoms with Crippen molar-refractivity contribution in [2.45, 2.75) is 36.0 Å². The van der Waals surface area contributed by atoms with Crippen LogP contribution in [0.1, 0.15) is 52.0 Å². The van der Waals surface area contributed by atoms with Crippen molar-refractivity contribution < 1.29 is 18.0 Å². The summed E-state index contributed by atoms with van der Waals surface area (Å²) in [5.74, 6) is -1.04. The number of imide groups is 1. The fourth-order valence-electron chi connectivity index (χ4n) is 4.71. The first kappa shape index (κ1) is 16.5.